The number of hydrogen-bond acceptors (Lipinski definition) is 2. The zero-order valence-electron chi connectivity index (χ0n) is 9.22. The van der Waals surface area contributed by atoms with Gasteiger partial charge in [0.05, 0.1) is 11.6 Å². The summed E-state index contributed by atoms with van der Waals surface area (Å²) in [6.45, 7) is 3.02. The van der Waals surface area contributed by atoms with E-state index < -0.39 is 0 Å². The van der Waals surface area contributed by atoms with Crippen LogP contribution in [0.25, 0.3) is 11.0 Å². The molecule has 0 saturated carbocycles. The Morgan fingerprint density at radius 2 is 2.25 bits per heavy atom. The van der Waals surface area contributed by atoms with Crippen molar-refractivity contribution in [3.8, 4) is 0 Å². The third kappa shape index (κ3) is 1.28. The van der Waals surface area contributed by atoms with E-state index in [1.165, 1.54) is 6.26 Å². The van der Waals surface area contributed by atoms with E-state index in [9.17, 15) is 4.39 Å². The van der Waals surface area contributed by atoms with Crippen molar-refractivity contribution in [1.82, 2.24) is 5.32 Å². The average molecular weight is 219 g/mol. The zero-order chi connectivity index (χ0) is 11.2. The van der Waals surface area contributed by atoms with Gasteiger partial charge in [0.15, 0.2) is 0 Å². The normalized spacial score (nSPS) is 25.4. The standard InChI is InChI=1S/C13H14FNO/c1-13(6-2-7-15-13)10-3-4-11-9(12(10)14)5-8-16-11/h3-5,8,15H,2,6-7H2,1H3. The fraction of sp³-hybridized carbons (Fsp3) is 0.385. The molecule has 1 aliphatic rings. The van der Waals surface area contributed by atoms with E-state index in [0.717, 1.165) is 24.9 Å². The van der Waals surface area contributed by atoms with E-state index in [4.69, 9.17) is 4.42 Å². The molecule has 0 bridgehead atoms. The molecular formula is C13H14FNO. The van der Waals surface area contributed by atoms with Crippen molar-refractivity contribution in [3.63, 3.8) is 0 Å². The summed E-state index contributed by atoms with van der Waals surface area (Å²) in [7, 11) is 0. The molecule has 84 valence electrons. The number of nitrogens with one attached hydrogen (secondary N) is 1. The van der Waals surface area contributed by atoms with E-state index in [2.05, 4.69) is 12.2 Å². The van der Waals surface area contributed by atoms with Gasteiger partial charge in [-0.15, -0.1) is 0 Å². The largest absolute Gasteiger partial charge is 0.464 e. The van der Waals surface area contributed by atoms with Crippen molar-refractivity contribution in [2.75, 3.05) is 6.54 Å². The van der Waals surface area contributed by atoms with Crippen LogP contribution in [0, 0.1) is 5.82 Å². The van der Waals surface area contributed by atoms with Crippen LogP contribution in [0.2, 0.25) is 0 Å². The van der Waals surface area contributed by atoms with Crippen molar-refractivity contribution in [2.24, 2.45) is 0 Å². The number of benzene rings is 1. The van der Waals surface area contributed by atoms with Crippen molar-refractivity contribution < 1.29 is 8.81 Å². The second kappa shape index (κ2) is 3.32. The van der Waals surface area contributed by atoms with Gasteiger partial charge in [-0.1, -0.05) is 6.07 Å². The second-order valence-corrected chi connectivity index (χ2v) is 4.62. The van der Waals surface area contributed by atoms with E-state index in [-0.39, 0.29) is 11.4 Å². The van der Waals surface area contributed by atoms with Crippen molar-refractivity contribution in [3.05, 3.63) is 35.8 Å². The second-order valence-electron chi connectivity index (χ2n) is 4.62. The summed E-state index contributed by atoms with van der Waals surface area (Å²) in [6.07, 6.45) is 3.61. The van der Waals surface area contributed by atoms with E-state index >= 15 is 0 Å². The maximum absolute atomic E-state index is 14.3. The number of halogens is 1. The molecule has 2 aromatic rings. The molecule has 3 rings (SSSR count). The first kappa shape index (κ1) is 9.85. The minimum absolute atomic E-state index is 0.150. The van der Waals surface area contributed by atoms with Crippen LogP contribution < -0.4 is 5.32 Å². The molecule has 1 atom stereocenters. The quantitative estimate of drug-likeness (QED) is 0.797. The Bertz CT molecular complexity index is 526. The topological polar surface area (TPSA) is 25.2 Å². The van der Waals surface area contributed by atoms with Gasteiger partial charge < -0.3 is 9.73 Å². The molecule has 2 nitrogen and oxygen atoms in total. The SMILES string of the molecule is CC1(c2ccc3occc3c2F)CCCN1. The highest BCUT2D eigenvalue weighted by molar-refractivity contribution is 5.79. The summed E-state index contributed by atoms with van der Waals surface area (Å²) in [5, 5.41) is 3.95. The third-order valence-electron chi connectivity index (χ3n) is 3.53. The van der Waals surface area contributed by atoms with Crippen LogP contribution in [0.4, 0.5) is 4.39 Å². The highest BCUT2D eigenvalue weighted by Crippen LogP contribution is 2.34. The monoisotopic (exact) mass is 219 g/mol. The Kier molecular flexibility index (Phi) is 2.04. The van der Waals surface area contributed by atoms with Crippen molar-refractivity contribution in [2.45, 2.75) is 25.3 Å². The molecule has 16 heavy (non-hydrogen) atoms. The molecule has 1 saturated heterocycles. The van der Waals surface area contributed by atoms with Crippen LogP contribution in [-0.2, 0) is 5.54 Å². The number of hydrogen-bond donors (Lipinski definition) is 1. The average Bonchev–Trinajstić information content (AvgIpc) is 2.87. The van der Waals surface area contributed by atoms with Gasteiger partial charge in [0.25, 0.3) is 0 Å². The van der Waals surface area contributed by atoms with Crippen LogP contribution >= 0.6 is 0 Å². The molecule has 1 aromatic heterocycles. The predicted octanol–water partition coefficient (Wildman–Crippen LogP) is 3.17. The third-order valence-corrected chi connectivity index (χ3v) is 3.53. The highest BCUT2D eigenvalue weighted by atomic mass is 19.1. The van der Waals surface area contributed by atoms with Gasteiger partial charge in [0.2, 0.25) is 0 Å². The Hall–Kier alpha value is -1.35. The van der Waals surface area contributed by atoms with Crippen molar-refractivity contribution >= 4 is 11.0 Å². The summed E-state index contributed by atoms with van der Waals surface area (Å²) in [5.74, 6) is -0.150. The summed E-state index contributed by atoms with van der Waals surface area (Å²) >= 11 is 0. The van der Waals surface area contributed by atoms with Gasteiger partial charge in [0.1, 0.15) is 11.4 Å². The Morgan fingerprint density at radius 1 is 1.38 bits per heavy atom. The molecule has 3 heteroatoms. The highest BCUT2D eigenvalue weighted by Gasteiger charge is 2.33. The van der Waals surface area contributed by atoms with Crippen LogP contribution in [0.3, 0.4) is 0 Å². The molecule has 0 amide bonds. The van der Waals surface area contributed by atoms with Gasteiger partial charge in [-0.3, -0.25) is 0 Å². The lowest BCUT2D eigenvalue weighted by Crippen LogP contribution is -2.34. The van der Waals surface area contributed by atoms with Gasteiger partial charge in [-0.05, 0) is 38.4 Å². The van der Waals surface area contributed by atoms with Crippen LogP contribution in [0.15, 0.2) is 28.9 Å². The number of furan rings is 1. The Balaban J connectivity index is 2.19. The summed E-state index contributed by atoms with van der Waals surface area (Å²) < 4.78 is 19.5. The minimum Gasteiger partial charge on any atom is -0.464 e. The smallest absolute Gasteiger partial charge is 0.139 e. The van der Waals surface area contributed by atoms with Gasteiger partial charge in [-0.25, -0.2) is 4.39 Å². The molecule has 1 N–H and O–H groups in total. The lowest BCUT2D eigenvalue weighted by Gasteiger charge is -2.25. The molecule has 1 fully saturated rings. The van der Waals surface area contributed by atoms with E-state index in [1.807, 2.05) is 12.1 Å². The molecule has 0 radical (unpaired) electrons. The molecule has 2 heterocycles. The first-order valence-electron chi connectivity index (χ1n) is 5.62. The molecule has 1 aliphatic heterocycles. The number of rotatable bonds is 1. The van der Waals surface area contributed by atoms with Gasteiger partial charge >= 0.3 is 0 Å². The van der Waals surface area contributed by atoms with Crippen LogP contribution in [0.5, 0.6) is 0 Å². The maximum atomic E-state index is 14.3. The van der Waals surface area contributed by atoms with Crippen LogP contribution in [-0.4, -0.2) is 6.54 Å². The fourth-order valence-electron chi connectivity index (χ4n) is 2.56. The van der Waals surface area contributed by atoms with E-state index in [0.29, 0.717) is 11.0 Å². The van der Waals surface area contributed by atoms with Gasteiger partial charge in [0, 0.05) is 11.1 Å². The first-order valence-corrected chi connectivity index (χ1v) is 5.62. The minimum atomic E-state index is -0.227. The lowest BCUT2D eigenvalue weighted by atomic mass is 9.89. The summed E-state index contributed by atoms with van der Waals surface area (Å²) in [4.78, 5) is 0. The first-order chi connectivity index (χ1) is 7.71. The molecule has 0 spiro atoms. The Morgan fingerprint density at radius 3 is 3.00 bits per heavy atom. The van der Waals surface area contributed by atoms with Gasteiger partial charge in [-0.2, -0.15) is 0 Å². The van der Waals surface area contributed by atoms with E-state index in [1.54, 1.807) is 6.07 Å². The molecule has 1 aromatic carbocycles. The maximum Gasteiger partial charge on any atom is 0.139 e. The lowest BCUT2D eigenvalue weighted by molar-refractivity contribution is 0.413. The predicted molar refractivity (Wildman–Crippen MR) is 60.8 cm³/mol. The number of fused-ring (bicyclic) bond motifs is 1. The Labute approximate surface area is 93.4 Å². The van der Waals surface area contributed by atoms with Crippen molar-refractivity contribution in [1.29, 1.82) is 0 Å². The molecule has 0 aliphatic carbocycles. The fourth-order valence-corrected chi connectivity index (χ4v) is 2.56. The molecular weight excluding hydrogens is 205 g/mol. The van der Waals surface area contributed by atoms with Crippen LogP contribution in [0.1, 0.15) is 25.3 Å². The summed E-state index contributed by atoms with van der Waals surface area (Å²) in [6, 6.07) is 5.37. The zero-order valence-corrected chi connectivity index (χ0v) is 9.22. The summed E-state index contributed by atoms with van der Waals surface area (Å²) in [5.41, 5.74) is 1.14. The molecule has 1 unspecified atom stereocenters.